The van der Waals surface area contributed by atoms with E-state index in [0.717, 1.165) is 17.5 Å². The molecule has 1 aromatic carbocycles. The predicted octanol–water partition coefficient (Wildman–Crippen LogP) is 1.49. The van der Waals surface area contributed by atoms with Gasteiger partial charge in [-0.25, -0.2) is 4.79 Å². The third kappa shape index (κ3) is 4.00. The quantitative estimate of drug-likeness (QED) is 0.872. The standard InChI is InChI=1S/C17H16N2O3/c1-19(2)15-8-4-3-6-13(15)7-5-11-18-17(21)14-9-10-16(20)22-12-14/h3-4,6,8-10,12H,11H2,1-2H3,(H,18,21). The Labute approximate surface area is 128 Å². The van der Waals surface area contributed by atoms with E-state index in [0.29, 0.717) is 0 Å². The average Bonchev–Trinajstić information content (AvgIpc) is 2.52. The fourth-order valence-electron chi connectivity index (χ4n) is 1.82. The first-order chi connectivity index (χ1) is 10.6. The molecule has 0 bridgehead atoms. The molecule has 5 nitrogen and oxygen atoms in total. The number of para-hydroxylation sites is 1. The average molecular weight is 296 g/mol. The zero-order valence-electron chi connectivity index (χ0n) is 12.4. The molecule has 0 atom stereocenters. The van der Waals surface area contributed by atoms with Crippen LogP contribution in [0, 0.1) is 11.8 Å². The first kappa shape index (κ1) is 15.4. The lowest BCUT2D eigenvalue weighted by atomic mass is 10.1. The highest BCUT2D eigenvalue weighted by molar-refractivity contribution is 5.93. The second-order valence-corrected chi connectivity index (χ2v) is 4.74. The van der Waals surface area contributed by atoms with Crippen LogP contribution in [0.15, 0.2) is 51.9 Å². The van der Waals surface area contributed by atoms with Crippen molar-refractivity contribution in [3.05, 3.63) is 64.2 Å². The van der Waals surface area contributed by atoms with Crippen LogP contribution in [0.1, 0.15) is 15.9 Å². The van der Waals surface area contributed by atoms with Crippen LogP contribution in [-0.2, 0) is 0 Å². The number of hydrogen-bond acceptors (Lipinski definition) is 4. The lowest BCUT2D eigenvalue weighted by Gasteiger charge is -2.13. The molecule has 0 spiro atoms. The van der Waals surface area contributed by atoms with Gasteiger partial charge in [-0.2, -0.15) is 0 Å². The number of nitrogens with one attached hydrogen (secondary N) is 1. The van der Waals surface area contributed by atoms with Gasteiger partial charge in [-0.3, -0.25) is 4.79 Å². The number of anilines is 1. The molecule has 0 aliphatic rings. The minimum Gasteiger partial charge on any atom is -0.430 e. The summed E-state index contributed by atoms with van der Waals surface area (Å²) in [6, 6.07) is 10.4. The number of carbonyl (C=O) groups excluding carboxylic acids is 1. The number of rotatable bonds is 3. The van der Waals surface area contributed by atoms with Crippen LogP contribution in [0.4, 0.5) is 5.69 Å². The van der Waals surface area contributed by atoms with E-state index in [9.17, 15) is 9.59 Å². The largest absolute Gasteiger partial charge is 0.430 e. The summed E-state index contributed by atoms with van der Waals surface area (Å²) in [6.45, 7) is 0.208. The lowest BCUT2D eigenvalue weighted by Crippen LogP contribution is -2.23. The number of carbonyl (C=O) groups is 1. The molecule has 5 heteroatoms. The fourth-order valence-corrected chi connectivity index (χ4v) is 1.82. The monoisotopic (exact) mass is 296 g/mol. The van der Waals surface area contributed by atoms with E-state index >= 15 is 0 Å². The van der Waals surface area contributed by atoms with Gasteiger partial charge in [0.25, 0.3) is 5.91 Å². The Balaban J connectivity index is 1.99. The van der Waals surface area contributed by atoms with Crippen molar-refractivity contribution >= 4 is 11.6 Å². The van der Waals surface area contributed by atoms with Gasteiger partial charge in [0.15, 0.2) is 0 Å². The summed E-state index contributed by atoms with van der Waals surface area (Å²) < 4.78 is 4.64. The molecule has 1 heterocycles. The predicted molar refractivity (Wildman–Crippen MR) is 85.0 cm³/mol. The maximum absolute atomic E-state index is 11.8. The second-order valence-electron chi connectivity index (χ2n) is 4.74. The number of benzene rings is 1. The molecule has 0 radical (unpaired) electrons. The van der Waals surface area contributed by atoms with Crippen molar-refractivity contribution in [2.75, 3.05) is 25.5 Å². The zero-order valence-corrected chi connectivity index (χ0v) is 12.4. The van der Waals surface area contributed by atoms with Crippen molar-refractivity contribution in [1.29, 1.82) is 0 Å². The van der Waals surface area contributed by atoms with Gasteiger partial charge in [0.1, 0.15) is 6.26 Å². The summed E-state index contributed by atoms with van der Waals surface area (Å²) in [5, 5.41) is 2.65. The number of nitrogens with zero attached hydrogens (tertiary/aromatic N) is 1. The molecule has 0 saturated carbocycles. The normalized spacial score (nSPS) is 9.55. The summed E-state index contributed by atoms with van der Waals surface area (Å²) in [7, 11) is 3.90. The van der Waals surface area contributed by atoms with Crippen LogP contribution in [0.3, 0.4) is 0 Å². The molecule has 1 aromatic heterocycles. The third-order valence-electron chi connectivity index (χ3n) is 2.91. The number of amides is 1. The van der Waals surface area contributed by atoms with Gasteiger partial charge in [-0.05, 0) is 18.2 Å². The molecule has 2 rings (SSSR count). The highest BCUT2D eigenvalue weighted by Crippen LogP contribution is 2.16. The molecule has 0 unspecified atom stereocenters. The highest BCUT2D eigenvalue weighted by Gasteiger charge is 2.04. The molecule has 0 saturated heterocycles. The molecule has 1 N–H and O–H groups in total. The Hall–Kier alpha value is -3.00. The van der Waals surface area contributed by atoms with Gasteiger partial charge in [-0.15, -0.1) is 0 Å². The van der Waals surface area contributed by atoms with Crippen molar-refractivity contribution in [2.45, 2.75) is 0 Å². The molecular weight excluding hydrogens is 280 g/mol. The molecule has 2 aromatic rings. The zero-order chi connectivity index (χ0) is 15.9. The van der Waals surface area contributed by atoms with Gasteiger partial charge in [0.2, 0.25) is 0 Å². The Bertz CT molecular complexity index is 762. The highest BCUT2D eigenvalue weighted by atomic mass is 16.4. The van der Waals surface area contributed by atoms with E-state index in [1.165, 1.54) is 12.1 Å². The Kier molecular flexibility index (Phi) is 4.99. The molecule has 22 heavy (non-hydrogen) atoms. The summed E-state index contributed by atoms with van der Waals surface area (Å²) in [5.41, 5.74) is 1.71. The third-order valence-corrected chi connectivity index (χ3v) is 2.91. The van der Waals surface area contributed by atoms with Crippen molar-refractivity contribution in [3.8, 4) is 11.8 Å². The van der Waals surface area contributed by atoms with E-state index in [1.54, 1.807) is 0 Å². The van der Waals surface area contributed by atoms with Crippen LogP contribution < -0.4 is 15.8 Å². The summed E-state index contributed by atoms with van der Waals surface area (Å²) >= 11 is 0. The van der Waals surface area contributed by atoms with Crippen LogP contribution in [-0.4, -0.2) is 26.5 Å². The van der Waals surface area contributed by atoms with Gasteiger partial charge in [-0.1, -0.05) is 24.0 Å². The van der Waals surface area contributed by atoms with Crippen molar-refractivity contribution in [2.24, 2.45) is 0 Å². The van der Waals surface area contributed by atoms with Crippen molar-refractivity contribution in [1.82, 2.24) is 5.32 Å². The van der Waals surface area contributed by atoms with Crippen molar-refractivity contribution < 1.29 is 9.21 Å². The minimum absolute atomic E-state index is 0.208. The molecule has 1 amide bonds. The summed E-state index contributed by atoms with van der Waals surface area (Å²) in [6.07, 6.45) is 1.13. The molecular formula is C17H16N2O3. The molecule has 112 valence electrons. The van der Waals surface area contributed by atoms with Crippen LogP contribution >= 0.6 is 0 Å². The summed E-state index contributed by atoms with van der Waals surface area (Å²) in [4.78, 5) is 24.6. The SMILES string of the molecule is CN(C)c1ccccc1C#CCNC(=O)c1ccc(=O)oc1. The minimum atomic E-state index is -0.489. The van der Waals surface area contributed by atoms with E-state index in [4.69, 9.17) is 0 Å². The molecule has 0 aliphatic carbocycles. The maximum atomic E-state index is 11.8. The van der Waals surface area contributed by atoms with E-state index in [2.05, 4.69) is 21.6 Å². The van der Waals surface area contributed by atoms with Crippen molar-refractivity contribution in [3.63, 3.8) is 0 Å². The first-order valence-corrected chi connectivity index (χ1v) is 6.70. The van der Waals surface area contributed by atoms with E-state index in [-0.39, 0.29) is 18.0 Å². The van der Waals surface area contributed by atoms with Crippen LogP contribution in [0.25, 0.3) is 0 Å². The topological polar surface area (TPSA) is 62.6 Å². The van der Waals surface area contributed by atoms with Gasteiger partial charge in [0, 0.05) is 25.7 Å². The maximum Gasteiger partial charge on any atom is 0.335 e. The first-order valence-electron chi connectivity index (χ1n) is 6.70. The van der Waals surface area contributed by atoms with E-state index < -0.39 is 5.63 Å². The Morgan fingerprint density at radius 2 is 2.00 bits per heavy atom. The smallest absolute Gasteiger partial charge is 0.335 e. The fraction of sp³-hybridized carbons (Fsp3) is 0.176. The Morgan fingerprint density at radius 3 is 2.68 bits per heavy atom. The van der Waals surface area contributed by atoms with Crippen LogP contribution in [0.5, 0.6) is 0 Å². The van der Waals surface area contributed by atoms with Gasteiger partial charge >= 0.3 is 5.63 Å². The second kappa shape index (κ2) is 7.14. The molecule has 0 fully saturated rings. The molecule has 0 aliphatic heterocycles. The Morgan fingerprint density at radius 1 is 1.23 bits per heavy atom. The lowest BCUT2D eigenvalue weighted by molar-refractivity contribution is 0.0956. The summed E-state index contributed by atoms with van der Waals surface area (Å²) in [5.74, 6) is 5.60. The van der Waals surface area contributed by atoms with E-state index in [1.807, 2.05) is 43.3 Å². The van der Waals surface area contributed by atoms with Crippen LogP contribution in [0.2, 0.25) is 0 Å². The number of hydrogen-bond donors (Lipinski definition) is 1. The van der Waals surface area contributed by atoms with Gasteiger partial charge in [0.05, 0.1) is 17.8 Å². The van der Waals surface area contributed by atoms with Gasteiger partial charge < -0.3 is 14.6 Å².